The number of phenols is 2. The summed E-state index contributed by atoms with van der Waals surface area (Å²) < 4.78 is 30.6. The normalized spacial score (nSPS) is 10.6. The Morgan fingerprint density at radius 2 is 1.23 bits per heavy atom. The number of hydrogen-bond acceptors (Lipinski definition) is 5. The molecule has 0 saturated heterocycles. The van der Waals surface area contributed by atoms with Gasteiger partial charge in [-0.15, -0.1) is 0 Å². The van der Waals surface area contributed by atoms with Crippen LogP contribution in [0.3, 0.4) is 0 Å². The maximum absolute atomic E-state index is 13.1. The molecule has 0 atom stereocenters. The molecule has 0 aliphatic heterocycles. The zero-order chi connectivity index (χ0) is 23.9. The van der Waals surface area contributed by atoms with Gasteiger partial charge in [0.05, 0.1) is 20.0 Å². The highest BCUT2D eigenvalue weighted by atomic mass is 19.1. The number of benzene rings is 2. The Bertz CT molecular complexity index is 938. The molecule has 6 nitrogen and oxygen atoms in total. The third-order valence-corrected chi connectivity index (χ3v) is 4.57. The number of carboxylic acids is 1. The number of phenolic OH excluding ortho intramolecular Hbond substituents is 2. The lowest BCUT2D eigenvalue weighted by atomic mass is 9.94. The Hall–Kier alpha value is -3.16. The molecule has 0 saturated carbocycles. The number of ether oxygens (including phenoxy) is 1. The van der Waals surface area contributed by atoms with E-state index in [1.807, 2.05) is 27.7 Å². The first-order chi connectivity index (χ1) is 14.4. The quantitative estimate of drug-likeness (QED) is 0.567. The van der Waals surface area contributed by atoms with Crippen molar-refractivity contribution in [2.45, 2.75) is 52.4 Å². The van der Waals surface area contributed by atoms with E-state index in [0.29, 0.717) is 22.3 Å². The maximum Gasteiger partial charge on any atom is 0.310 e. The van der Waals surface area contributed by atoms with Crippen LogP contribution in [0.5, 0.6) is 11.5 Å². The van der Waals surface area contributed by atoms with Gasteiger partial charge in [0, 0.05) is 23.3 Å². The molecule has 3 N–H and O–H groups in total. The Balaban J connectivity index is 0.000000311. The Labute approximate surface area is 180 Å². The molecule has 0 spiro atoms. The van der Waals surface area contributed by atoms with Gasteiger partial charge >= 0.3 is 11.9 Å². The smallest absolute Gasteiger partial charge is 0.310 e. The monoisotopic (exact) mass is 438 g/mol. The molecule has 31 heavy (non-hydrogen) atoms. The molecule has 2 aromatic carbocycles. The second kappa shape index (κ2) is 11.3. The maximum atomic E-state index is 13.1. The number of aromatic hydroxyl groups is 2. The molecule has 0 radical (unpaired) electrons. The number of carbonyl (C=O) groups is 2. The van der Waals surface area contributed by atoms with E-state index < -0.39 is 23.6 Å². The first-order valence-corrected chi connectivity index (χ1v) is 9.68. The average Bonchev–Trinajstić information content (AvgIpc) is 2.65. The zero-order valence-corrected chi connectivity index (χ0v) is 18.2. The third-order valence-electron chi connectivity index (χ3n) is 4.57. The molecule has 0 unspecified atom stereocenters. The number of hydrogen-bond donors (Lipinski definition) is 3. The van der Waals surface area contributed by atoms with Crippen LogP contribution in [0, 0.1) is 11.6 Å². The summed E-state index contributed by atoms with van der Waals surface area (Å²) in [5.41, 5.74) is 1.89. The fourth-order valence-electron chi connectivity index (χ4n) is 3.07. The fourth-order valence-corrected chi connectivity index (χ4v) is 3.07. The molecule has 2 rings (SSSR count). The molecule has 0 heterocycles. The summed E-state index contributed by atoms with van der Waals surface area (Å²) in [6.45, 7) is 7.38. The molecular formula is C23H28F2O6. The van der Waals surface area contributed by atoms with E-state index in [0.717, 1.165) is 12.1 Å². The van der Waals surface area contributed by atoms with Gasteiger partial charge in [0.15, 0.2) is 0 Å². The van der Waals surface area contributed by atoms with Crippen molar-refractivity contribution in [3.8, 4) is 11.5 Å². The summed E-state index contributed by atoms with van der Waals surface area (Å²) in [7, 11) is 1.28. The number of esters is 1. The summed E-state index contributed by atoms with van der Waals surface area (Å²) in [5.74, 6) is -3.04. The van der Waals surface area contributed by atoms with Gasteiger partial charge in [-0.05, 0) is 35.1 Å². The number of rotatable bonds is 6. The Morgan fingerprint density at radius 1 is 0.839 bits per heavy atom. The molecule has 170 valence electrons. The first-order valence-electron chi connectivity index (χ1n) is 9.68. The highest BCUT2D eigenvalue weighted by molar-refractivity contribution is 5.74. The van der Waals surface area contributed by atoms with Crippen LogP contribution in [0.2, 0.25) is 0 Å². The van der Waals surface area contributed by atoms with Crippen molar-refractivity contribution in [3.63, 3.8) is 0 Å². The highest BCUT2D eigenvalue weighted by Crippen LogP contribution is 2.30. The Morgan fingerprint density at radius 3 is 1.55 bits per heavy atom. The summed E-state index contributed by atoms with van der Waals surface area (Å²) in [6, 6.07) is 4.54. The average molecular weight is 438 g/mol. The van der Waals surface area contributed by atoms with E-state index in [1.165, 1.54) is 19.2 Å². The van der Waals surface area contributed by atoms with Crippen LogP contribution in [-0.2, 0) is 27.2 Å². The van der Waals surface area contributed by atoms with Crippen molar-refractivity contribution < 1.29 is 38.4 Å². The second-order valence-electron chi connectivity index (χ2n) is 7.62. The van der Waals surface area contributed by atoms with Crippen LogP contribution >= 0.6 is 0 Å². The van der Waals surface area contributed by atoms with Gasteiger partial charge in [0.25, 0.3) is 0 Å². The minimum Gasteiger partial charge on any atom is -0.508 e. The van der Waals surface area contributed by atoms with Crippen molar-refractivity contribution in [1.29, 1.82) is 0 Å². The van der Waals surface area contributed by atoms with E-state index in [9.17, 15) is 28.6 Å². The van der Waals surface area contributed by atoms with Gasteiger partial charge in [-0.3, -0.25) is 9.59 Å². The van der Waals surface area contributed by atoms with Crippen LogP contribution in [0.25, 0.3) is 0 Å². The lowest BCUT2D eigenvalue weighted by Gasteiger charge is -2.13. The van der Waals surface area contributed by atoms with Crippen molar-refractivity contribution >= 4 is 11.9 Å². The standard InChI is InChI=1S/C12H15FO3.C11H13FO3/c1-7(2)9-4-8(13)5-11(14)10(9)6-12(15)16-3;1-6(2)8-3-7(12)4-10(13)9(8)5-11(14)15/h4-5,7,14H,6H2,1-3H3;3-4,6,13H,5H2,1-2H3,(H,14,15). The third kappa shape index (κ3) is 7.55. The first kappa shape index (κ1) is 25.9. The summed E-state index contributed by atoms with van der Waals surface area (Å²) in [5, 5.41) is 27.7. The second-order valence-corrected chi connectivity index (χ2v) is 7.62. The van der Waals surface area contributed by atoms with Crippen molar-refractivity contribution in [2.75, 3.05) is 7.11 Å². The van der Waals surface area contributed by atoms with Crippen LogP contribution in [-0.4, -0.2) is 34.4 Å². The number of carboxylic acid groups (broad SMARTS) is 1. The Kier molecular flexibility index (Phi) is 9.42. The van der Waals surface area contributed by atoms with Crippen LogP contribution in [0.15, 0.2) is 24.3 Å². The molecule has 0 aliphatic rings. The number of halogens is 2. The molecule has 0 fully saturated rings. The molecule has 8 heteroatoms. The molecule has 0 aromatic heterocycles. The molecule has 2 aromatic rings. The lowest BCUT2D eigenvalue weighted by Crippen LogP contribution is -2.08. The summed E-state index contributed by atoms with van der Waals surface area (Å²) in [6.07, 6.45) is -0.338. The molecule has 0 amide bonds. The number of aliphatic carboxylic acids is 1. The van der Waals surface area contributed by atoms with E-state index in [2.05, 4.69) is 4.74 Å². The minimum absolute atomic E-state index is 0.0269. The largest absolute Gasteiger partial charge is 0.508 e. The van der Waals surface area contributed by atoms with Gasteiger partial charge in [0.2, 0.25) is 0 Å². The SMILES string of the molecule is CC(C)c1cc(F)cc(O)c1CC(=O)O.COC(=O)Cc1c(O)cc(F)cc1C(C)C. The fraction of sp³-hybridized carbons (Fsp3) is 0.391. The lowest BCUT2D eigenvalue weighted by molar-refractivity contribution is -0.140. The van der Waals surface area contributed by atoms with Gasteiger partial charge in [-0.2, -0.15) is 0 Å². The predicted molar refractivity (Wildman–Crippen MR) is 111 cm³/mol. The predicted octanol–water partition coefficient (Wildman–Crippen LogP) is 4.65. The minimum atomic E-state index is -1.04. The highest BCUT2D eigenvalue weighted by Gasteiger charge is 2.17. The van der Waals surface area contributed by atoms with Gasteiger partial charge in [0.1, 0.15) is 23.1 Å². The molecule has 0 bridgehead atoms. The number of carbonyl (C=O) groups excluding carboxylic acids is 1. The summed E-state index contributed by atoms with van der Waals surface area (Å²) >= 11 is 0. The van der Waals surface area contributed by atoms with Crippen molar-refractivity contribution in [1.82, 2.24) is 0 Å². The topological polar surface area (TPSA) is 104 Å². The van der Waals surface area contributed by atoms with Crippen molar-refractivity contribution in [3.05, 3.63) is 58.2 Å². The van der Waals surface area contributed by atoms with E-state index >= 15 is 0 Å². The van der Waals surface area contributed by atoms with Crippen molar-refractivity contribution in [2.24, 2.45) is 0 Å². The molecule has 0 aliphatic carbocycles. The van der Waals surface area contributed by atoms with E-state index in [1.54, 1.807) is 0 Å². The van der Waals surface area contributed by atoms with Crippen LogP contribution in [0.4, 0.5) is 8.78 Å². The van der Waals surface area contributed by atoms with E-state index in [-0.39, 0.29) is 36.2 Å². The van der Waals surface area contributed by atoms with Gasteiger partial charge in [-0.1, -0.05) is 27.7 Å². The van der Waals surface area contributed by atoms with Crippen LogP contribution < -0.4 is 0 Å². The zero-order valence-electron chi connectivity index (χ0n) is 18.2. The molecular weight excluding hydrogens is 410 g/mol. The van der Waals surface area contributed by atoms with Crippen LogP contribution in [0.1, 0.15) is 61.8 Å². The van der Waals surface area contributed by atoms with Gasteiger partial charge in [-0.25, -0.2) is 8.78 Å². The van der Waals surface area contributed by atoms with Gasteiger partial charge < -0.3 is 20.1 Å². The summed E-state index contributed by atoms with van der Waals surface area (Å²) in [4.78, 5) is 21.7. The number of methoxy groups -OCH3 is 1. The van der Waals surface area contributed by atoms with E-state index in [4.69, 9.17) is 5.11 Å².